The van der Waals surface area contributed by atoms with Gasteiger partial charge in [0.25, 0.3) is 5.56 Å². The number of carbonyl (C=O) groups is 1. The first-order valence-electron chi connectivity index (χ1n) is 10.8. The molecule has 8 nitrogen and oxygen atoms in total. The Morgan fingerprint density at radius 2 is 1.94 bits per heavy atom. The molecule has 1 amide bonds. The summed E-state index contributed by atoms with van der Waals surface area (Å²) in [5.41, 5.74) is 1.82. The SMILES string of the molecule is O=C(Cn1nc(N2CCC3(CCC3)CC2)ccc1=O)Nc1cccc(-n2ccnc2)c1. The summed E-state index contributed by atoms with van der Waals surface area (Å²) in [5, 5.41) is 7.34. The second-order valence-corrected chi connectivity index (χ2v) is 8.60. The second kappa shape index (κ2) is 8.02. The third kappa shape index (κ3) is 4.10. The van der Waals surface area contributed by atoms with Crippen molar-refractivity contribution in [1.29, 1.82) is 0 Å². The fourth-order valence-corrected chi connectivity index (χ4v) is 4.60. The van der Waals surface area contributed by atoms with E-state index in [2.05, 4.69) is 20.3 Å². The van der Waals surface area contributed by atoms with Gasteiger partial charge in [-0.3, -0.25) is 9.59 Å². The highest BCUT2D eigenvalue weighted by molar-refractivity contribution is 5.90. The lowest BCUT2D eigenvalue weighted by molar-refractivity contribution is -0.117. The van der Waals surface area contributed by atoms with Crippen molar-refractivity contribution in [2.24, 2.45) is 5.41 Å². The number of hydrogen-bond acceptors (Lipinski definition) is 5. The molecule has 1 N–H and O–H groups in total. The van der Waals surface area contributed by atoms with Crippen LogP contribution in [0.2, 0.25) is 0 Å². The van der Waals surface area contributed by atoms with E-state index in [0.29, 0.717) is 11.1 Å². The minimum Gasteiger partial charge on any atom is -0.355 e. The van der Waals surface area contributed by atoms with E-state index >= 15 is 0 Å². The van der Waals surface area contributed by atoms with Crippen LogP contribution in [0.25, 0.3) is 5.69 Å². The van der Waals surface area contributed by atoms with E-state index in [1.165, 1.54) is 42.9 Å². The maximum Gasteiger partial charge on any atom is 0.267 e. The summed E-state index contributed by atoms with van der Waals surface area (Å²) in [4.78, 5) is 31.2. The van der Waals surface area contributed by atoms with Crippen molar-refractivity contribution in [1.82, 2.24) is 19.3 Å². The Balaban J connectivity index is 1.26. The van der Waals surface area contributed by atoms with E-state index in [9.17, 15) is 9.59 Å². The van der Waals surface area contributed by atoms with E-state index in [4.69, 9.17) is 0 Å². The van der Waals surface area contributed by atoms with Crippen LogP contribution in [0, 0.1) is 5.41 Å². The lowest BCUT2D eigenvalue weighted by Gasteiger charge is -2.48. The maximum absolute atomic E-state index is 12.6. The predicted molar refractivity (Wildman–Crippen MR) is 118 cm³/mol. The average Bonchev–Trinajstić information content (AvgIpc) is 3.30. The molecule has 1 saturated heterocycles. The number of amides is 1. The van der Waals surface area contributed by atoms with E-state index in [1.54, 1.807) is 18.6 Å². The summed E-state index contributed by atoms with van der Waals surface area (Å²) in [6.07, 6.45) is 11.6. The number of hydrogen-bond donors (Lipinski definition) is 1. The van der Waals surface area contributed by atoms with Gasteiger partial charge in [0.2, 0.25) is 5.91 Å². The molecule has 1 saturated carbocycles. The van der Waals surface area contributed by atoms with E-state index in [0.717, 1.165) is 24.6 Å². The second-order valence-electron chi connectivity index (χ2n) is 8.60. The molecule has 0 atom stereocenters. The quantitative estimate of drug-likeness (QED) is 0.689. The largest absolute Gasteiger partial charge is 0.355 e. The van der Waals surface area contributed by atoms with Gasteiger partial charge in [-0.05, 0) is 55.4 Å². The highest BCUT2D eigenvalue weighted by Gasteiger charge is 2.39. The molecule has 2 aliphatic rings. The van der Waals surface area contributed by atoms with Crippen molar-refractivity contribution in [2.75, 3.05) is 23.3 Å². The minimum atomic E-state index is -0.290. The normalized spacial score (nSPS) is 17.4. The summed E-state index contributed by atoms with van der Waals surface area (Å²) < 4.78 is 3.11. The van der Waals surface area contributed by atoms with E-state index in [-0.39, 0.29) is 18.0 Å². The molecule has 3 aromatic rings. The highest BCUT2D eigenvalue weighted by atomic mass is 16.2. The van der Waals surface area contributed by atoms with Crippen LogP contribution >= 0.6 is 0 Å². The van der Waals surface area contributed by atoms with E-state index < -0.39 is 0 Å². The standard InChI is InChI=1S/C23H26N6O2/c30-21(25-18-3-1-4-19(15-18)28-14-11-24-17-28)16-29-22(31)6-5-20(26-29)27-12-9-23(10-13-27)7-2-8-23/h1,3-6,11,14-15,17H,2,7-10,12-13,16H2,(H,25,30). The molecule has 0 radical (unpaired) electrons. The lowest BCUT2D eigenvalue weighted by atomic mass is 9.63. The number of nitrogens with zero attached hydrogens (tertiary/aromatic N) is 5. The van der Waals surface area contributed by atoms with Gasteiger partial charge in [-0.25, -0.2) is 9.67 Å². The van der Waals surface area contributed by atoms with Crippen LogP contribution in [0.1, 0.15) is 32.1 Å². The third-order valence-electron chi connectivity index (χ3n) is 6.64. The van der Waals surface area contributed by atoms with Gasteiger partial charge in [0.15, 0.2) is 0 Å². The Morgan fingerprint density at radius 3 is 2.65 bits per heavy atom. The molecule has 1 aliphatic carbocycles. The third-order valence-corrected chi connectivity index (χ3v) is 6.64. The molecule has 1 aliphatic heterocycles. The van der Waals surface area contributed by atoms with Crippen molar-refractivity contribution in [3.05, 3.63) is 65.5 Å². The molecular formula is C23H26N6O2. The molecule has 5 rings (SSSR count). The van der Waals surface area contributed by atoms with Crippen molar-refractivity contribution in [3.8, 4) is 5.69 Å². The first-order chi connectivity index (χ1) is 15.1. The first-order valence-corrected chi connectivity index (χ1v) is 10.8. The Labute approximate surface area is 180 Å². The molecule has 1 aromatic carbocycles. The zero-order valence-electron chi connectivity index (χ0n) is 17.4. The van der Waals surface area contributed by atoms with Crippen LogP contribution in [0.3, 0.4) is 0 Å². The van der Waals surface area contributed by atoms with E-state index in [1.807, 2.05) is 35.0 Å². The van der Waals surface area contributed by atoms with Gasteiger partial charge in [-0.15, -0.1) is 0 Å². The molecule has 160 valence electrons. The van der Waals surface area contributed by atoms with Gasteiger partial charge < -0.3 is 14.8 Å². The molecule has 31 heavy (non-hydrogen) atoms. The van der Waals surface area contributed by atoms with Gasteiger partial charge in [0.05, 0.1) is 6.33 Å². The topological polar surface area (TPSA) is 85.0 Å². The molecule has 2 fully saturated rings. The van der Waals surface area contributed by atoms with Gasteiger partial charge in [-0.2, -0.15) is 5.10 Å². The van der Waals surface area contributed by atoms with Crippen LogP contribution in [0.4, 0.5) is 11.5 Å². The predicted octanol–water partition coefficient (Wildman–Crippen LogP) is 2.84. The molecule has 8 heteroatoms. The number of carbonyl (C=O) groups excluding carboxylic acids is 1. The first kappa shape index (κ1) is 19.5. The van der Waals surface area contributed by atoms with Crippen LogP contribution in [0.15, 0.2) is 59.9 Å². The summed E-state index contributed by atoms with van der Waals surface area (Å²) in [7, 11) is 0. The highest BCUT2D eigenvalue weighted by Crippen LogP contribution is 2.49. The number of benzene rings is 1. The molecule has 0 unspecified atom stereocenters. The Bertz CT molecular complexity index is 1120. The number of imidazole rings is 1. The van der Waals surface area contributed by atoms with Gasteiger partial charge in [-0.1, -0.05) is 12.5 Å². The van der Waals surface area contributed by atoms with Crippen LogP contribution in [-0.4, -0.2) is 38.3 Å². The summed E-state index contributed by atoms with van der Waals surface area (Å²) >= 11 is 0. The summed E-state index contributed by atoms with van der Waals surface area (Å²) in [5.74, 6) is 0.477. The number of anilines is 2. The number of rotatable bonds is 5. The van der Waals surface area contributed by atoms with Gasteiger partial charge in [0.1, 0.15) is 12.4 Å². The average molecular weight is 419 g/mol. The zero-order chi connectivity index (χ0) is 21.3. The number of nitrogens with one attached hydrogen (secondary N) is 1. The molecule has 0 bridgehead atoms. The summed E-state index contributed by atoms with van der Waals surface area (Å²) in [6, 6.07) is 10.7. The molecule has 3 heterocycles. The maximum atomic E-state index is 12.6. The van der Waals surface area contributed by atoms with Crippen molar-refractivity contribution >= 4 is 17.4 Å². The Kier molecular flexibility index (Phi) is 5.05. The van der Waals surface area contributed by atoms with Gasteiger partial charge in [0, 0.05) is 42.9 Å². The van der Waals surface area contributed by atoms with Crippen molar-refractivity contribution < 1.29 is 4.79 Å². The Morgan fingerprint density at radius 1 is 1.10 bits per heavy atom. The summed E-state index contributed by atoms with van der Waals surface area (Å²) in [6.45, 7) is 1.79. The minimum absolute atomic E-state index is 0.125. The van der Waals surface area contributed by atoms with Crippen LogP contribution in [-0.2, 0) is 11.3 Å². The zero-order valence-corrected chi connectivity index (χ0v) is 17.4. The fraction of sp³-hybridized carbons (Fsp3) is 0.391. The lowest BCUT2D eigenvalue weighted by Crippen LogP contribution is -2.44. The van der Waals surface area contributed by atoms with Crippen LogP contribution in [0.5, 0.6) is 0 Å². The fourth-order valence-electron chi connectivity index (χ4n) is 4.60. The van der Waals surface area contributed by atoms with Crippen molar-refractivity contribution in [3.63, 3.8) is 0 Å². The smallest absolute Gasteiger partial charge is 0.267 e. The number of aromatic nitrogens is 4. The molecule has 1 spiro atoms. The van der Waals surface area contributed by atoms with Crippen LogP contribution < -0.4 is 15.8 Å². The molecular weight excluding hydrogens is 392 g/mol. The number of piperidine rings is 1. The molecule has 2 aromatic heterocycles. The van der Waals surface area contributed by atoms with Crippen molar-refractivity contribution in [2.45, 2.75) is 38.6 Å². The Hall–Kier alpha value is -3.42. The van der Waals surface area contributed by atoms with Gasteiger partial charge >= 0.3 is 0 Å². The monoisotopic (exact) mass is 418 g/mol.